The normalized spacial score (nSPS) is 16.2. The van der Waals surface area contributed by atoms with Gasteiger partial charge in [-0.15, -0.1) is 0 Å². The van der Waals surface area contributed by atoms with Crippen LogP contribution in [0.5, 0.6) is 0 Å². The number of H-pyrrole nitrogens is 1. The Morgan fingerprint density at radius 3 is 2.82 bits per heavy atom. The summed E-state index contributed by atoms with van der Waals surface area (Å²) in [6.45, 7) is 0.559. The zero-order valence-electron chi connectivity index (χ0n) is 15.1. The predicted octanol–water partition coefficient (Wildman–Crippen LogP) is 4.49. The first kappa shape index (κ1) is 16.7. The Hall–Kier alpha value is -3.47. The van der Waals surface area contributed by atoms with Crippen LogP contribution in [0.25, 0.3) is 10.9 Å². The Labute approximate surface area is 161 Å². The molecule has 0 radical (unpaired) electrons. The first-order valence-corrected chi connectivity index (χ1v) is 9.28. The highest BCUT2D eigenvalue weighted by molar-refractivity contribution is 5.95. The van der Waals surface area contributed by atoms with Crippen molar-refractivity contribution in [2.75, 3.05) is 6.54 Å². The van der Waals surface area contributed by atoms with Crippen LogP contribution in [0.1, 0.15) is 33.2 Å². The lowest BCUT2D eigenvalue weighted by Gasteiger charge is -2.36. The lowest BCUT2D eigenvalue weighted by Crippen LogP contribution is -2.40. The van der Waals surface area contributed by atoms with Crippen molar-refractivity contribution in [1.29, 1.82) is 0 Å². The van der Waals surface area contributed by atoms with Gasteiger partial charge in [0.25, 0.3) is 5.91 Å². The van der Waals surface area contributed by atoms with Crippen molar-refractivity contribution in [2.45, 2.75) is 12.5 Å². The summed E-state index contributed by atoms with van der Waals surface area (Å²) in [4.78, 5) is 22.9. The first-order valence-electron chi connectivity index (χ1n) is 9.28. The Balaban J connectivity index is 1.66. The number of para-hydroxylation sites is 1. The third-order valence-electron chi connectivity index (χ3n) is 5.37. The topological polar surface area (TPSA) is 49.0 Å². The molecule has 0 fully saturated rings. The van der Waals surface area contributed by atoms with E-state index in [1.54, 1.807) is 24.5 Å². The number of halogens is 1. The van der Waals surface area contributed by atoms with Crippen LogP contribution in [0.3, 0.4) is 0 Å². The highest BCUT2D eigenvalue weighted by Gasteiger charge is 2.35. The number of benzene rings is 2. The number of fused-ring (bicyclic) bond motifs is 3. The number of hydrogen-bond donors (Lipinski definition) is 1. The number of hydrogen-bond acceptors (Lipinski definition) is 2. The van der Waals surface area contributed by atoms with Crippen molar-refractivity contribution in [2.24, 2.45) is 0 Å². The van der Waals surface area contributed by atoms with Crippen LogP contribution < -0.4 is 0 Å². The number of carbonyl (C=O) groups is 1. The third-order valence-corrected chi connectivity index (χ3v) is 5.37. The molecule has 0 spiro atoms. The molecule has 0 saturated heterocycles. The van der Waals surface area contributed by atoms with Gasteiger partial charge in [-0.1, -0.05) is 30.3 Å². The van der Waals surface area contributed by atoms with Crippen LogP contribution in [-0.2, 0) is 6.42 Å². The van der Waals surface area contributed by atoms with Crippen molar-refractivity contribution in [1.82, 2.24) is 14.9 Å². The predicted molar refractivity (Wildman–Crippen MR) is 106 cm³/mol. The van der Waals surface area contributed by atoms with E-state index in [1.807, 2.05) is 35.2 Å². The first-order chi connectivity index (χ1) is 13.7. The molecule has 1 amide bonds. The van der Waals surface area contributed by atoms with Gasteiger partial charge in [-0.2, -0.15) is 0 Å². The van der Waals surface area contributed by atoms with Gasteiger partial charge in [0.05, 0.1) is 6.04 Å². The minimum Gasteiger partial charge on any atom is -0.356 e. The molecule has 3 heterocycles. The molecule has 0 saturated carbocycles. The number of amides is 1. The van der Waals surface area contributed by atoms with E-state index >= 15 is 0 Å². The standard InChI is InChI=1S/C23H18FN3O/c24-17-7-3-5-15(13-17)23(28)27-12-10-19-18-8-1-2-9-20(18)26-21(19)22(27)16-6-4-11-25-14-16/h1-9,11,13-14,22,26H,10,12H2/t22-/m1/s1. The number of aromatic amines is 1. The van der Waals surface area contributed by atoms with Gasteiger partial charge in [0.2, 0.25) is 0 Å². The van der Waals surface area contributed by atoms with Gasteiger partial charge >= 0.3 is 0 Å². The molecule has 4 nitrogen and oxygen atoms in total. The van der Waals surface area contributed by atoms with Crippen LogP contribution in [0.2, 0.25) is 0 Å². The summed E-state index contributed by atoms with van der Waals surface area (Å²) in [5, 5.41) is 1.18. The van der Waals surface area contributed by atoms with Gasteiger partial charge in [0.1, 0.15) is 5.82 Å². The summed E-state index contributed by atoms with van der Waals surface area (Å²) < 4.78 is 13.7. The number of rotatable bonds is 2. The van der Waals surface area contributed by atoms with Gasteiger partial charge in [-0.25, -0.2) is 4.39 Å². The second kappa shape index (κ2) is 6.60. The lowest BCUT2D eigenvalue weighted by atomic mass is 9.92. The molecule has 1 aliphatic rings. The van der Waals surface area contributed by atoms with E-state index in [4.69, 9.17) is 0 Å². The Morgan fingerprint density at radius 1 is 1.11 bits per heavy atom. The minimum atomic E-state index is -0.410. The average molecular weight is 371 g/mol. The molecule has 1 N–H and O–H groups in total. The highest BCUT2D eigenvalue weighted by atomic mass is 19.1. The molecular weight excluding hydrogens is 353 g/mol. The van der Waals surface area contributed by atoms with Crippen LogP contribution in [0.4, 0.5) is 4.39 Å². The Bertz CT molecular complexity index is 1170. The van der Waals surface area contributed by atoms with Gasteiger partial charge in [0, 0.05) is 41.1 Å². The van der Waals surface area contributed by atoms with Gasteiger partial charge in [-0.05, 0) is 47.9 Å². The van der Waals surface area contributed by atoms with E-state index in [-0.39, 0.29) is 11.9 Å². The van der Waals surface area contributed by atoms with Gasteiger partial charge in [-0.3, -0.25) is 9.78 Å². The van der Waals surface area contributed by atoms with Crippen molar-refractivity contribution in [3.63, 3.8) is 0 Å². The number of nitrogens with zero attached hydrogens (tertiary/aromatic N) is 2. The molecule has 5 heteroatoms. The summed E-state index contributed by atoms with van der Waals surface area (Å²) in [6, 6.07) is 17.6. The summed E-state index contributed by atoms with van der Waals surface area (Å²) in [5.74, 6) is -0.593. The summed E-state index contributed by atoms with van der Waals surface area (Å²) in [6.07, 6.45) is 4.26. The fourth-order valence-electron chi connectivity index (χ4n) is 4.13. The molecule has 2 aromatic carbocycles. The molecule has 2 aromatic heterocycles. The maximum atomic E-state index is 13.7. The fraction of sp³-hybridized carbons (Fsp3) is 0.130. The molecule has 138 valence electrons. The van der Waals surface area contributed by atoms with E-state index < -0.39 is 5.82 Å². The van der Waals surface area contributed by atoms with Crippen LogP contribution in [0, 0.1) is 5.82 Å². The molecule has 28 heavy (non-hydrogen) atoms. The largest absolute Gasteiger partial charge is 0.356 e. The molecule has 1 atom stereocenters. The third kappa shape index (κ3) is 2.67. The number of aromatic nitrogens is 2. The van der Waals surface area contributed by atoms with Crippen molar-refractivity contribution >= 4 is 16.8 Å². The average Bonchev–Trinajstić information content (AvgIpc) is 3.12. The SMILES string of the molecule is O=C(c1cccc(F)c1)N1CCc2c([nH]c3ccccc23)[C@H]1c1cccnc1. The number of pyridine rings is 1. The minimum absolute atomic E-state index is 0.183. The van der Waals surface area contributed by atoms with Crippen LogP contribution in [0.15, 0.2) is 73.1 Å². The van der Waals surface area contributed by atoms with E-state index in [0.717, 1.165) is 23.2 Å². The van der Waals surface area contributed by atoms with E-state index in [9.17, 15) is 9.18 Å². The molecule has 0 bridgehead atoms. The van der Waals surface area contributed by atoms with Crippen molar-refractivity contribution < 1.29 is 9.18 Å². The second-order valence-corrected chi connectivity index (χ2v) is 7.01. The molecule has 0 unspecified atom stereocenters. The van der Waals surface area contributed by atoms with Crippen LogP contribution >= 0.6 is 0 Å². The van der Waals surface area contributed by atoms with Gasteiger partial charge in [0.15, 0.2) is 0 Å². The zero-order valence-corrected chi connectivity index (χ0v) is 15.1. The molecule has 1 aliphatic heterocycles. The fourth-order valence-corrected chi connectivity index (χ4v) is 4.13. The molecule has 0 aliphatic carbocycles. The molecule has 4 aromatic rings. The number of nitrogens with one attached hydrogen (secondary N) is 1. The maximum Gasteiger partial charge on any atom is 0.254 e. The lowest BCUT2D eigenvalue weighted by molar-refractivity contribution is 0.0691. The molecular formula is C23H18FN3O. The zero-order chi connectivity index (χ0) is 19.1. The van der Waals surface area contributed by atoms with E-state index in [1.165, 1.54) is 23.1 Å². The Kier molecular flexibility index (Phi) is 3.93. The quantitative estimate of drug-likeness (QED) is 0.564. The maximum absolute atomic E-state index is 13.7. The van der Waals surface area contributed by atoms with E-state index in [2.05, 4.69) is 16.0 Å². The smallest absolute Gasteiger partial charge is 0.254 e. The monoisotopic (exact) mass is 371 g/mol. The van der Waals surface area contributed by atoms with Crippen molar-refractivity contribution in [3.8, 4) is 0 Å². The number of carbonyl (C=O) groups excluding carboxylic acids is 1. The van der Waals surface area contributed by atoms with Crippen LogP contribution in [-0.4, -0.2) is 27.3 Å². The summed E-state index contributed by atoms with van der Waals surface area (Å²) in [7, 11) is 0. The second-order valence-electron chi connectivity index (χ2n) is 7.01. The summed E-state index contributed by atoms with van der Waals surface area (Å²) in [5.41, 5.74) is 4.58. The van der Waals surface area contributed by atoms with Crippen molar-refractivity contribution in [3.05, 3.63) is 101 Å². The highest BCUT2D eigenvalue weighted by Crippen LogP contribution is 2.38. The van der Waals surface area contributed by atoms with E-state index in [0.29, 0.717) is 12.1 Å². The summed E-state index contributed by atoms with van der Waals surface area (Å²) >= 11 is 0. The molecule has 5 rings (SSSR count). The van der Waals surface area contributed by atoms with Gasteiger partial charge < -0.3 is 9.88 Å². The Morgan fingerprint density at radius 2 is 2.00 bits per heavy atom.